The minimum Gasteiger partial charge on any atom is -0.481 e. The zero-order valence-electron chi connectivity index (χ0n) is 31.6. The van der Waals surface area contributed by atoms with E-state index in [1.54, 1.807) is 0 Å². The van der Waals surface area contributed by atoms with Crippen LogP contribution in [0.15, 0.2) is 146 Å². The normalized spacial score (nSPS) is 9.78. The van der Waals surface area contributed by atoms with Crippen molar-refractivity contribution in [1.82, 2.24) is 0 Å². The largest absolute Gasteiger partial charge is 0.481 e. The molecule has 6 aromatic rings. The summed E-state index contributed by atoms with van der Waals surface area (Å²) >= 11 is 0. The molecule has 0 saturated carbocycles. The number of hydrogen-bond acceptors (Lipinski definition) is 2. The molecule has 0 aliphatic carbocycles. The number of benzene rings is 6. The van der Waals surface area contributed by atoms with Crippen molar-refractivity contribution < 1.29 is 60.6 Å². The van der Waals surface area contributed by atoms with E-state index >= 15 is 0 Å². The second kappa shape index (κ2) is 24.6. The number of carboxylic acids is 2. The smallest absolute Gasteiger partial charge is 0.300 e. The quantitative estimate of drug-likeness (QED) is 0.101. The maximum Gasteiger partial charge on any atom is 0.300 e. The summed E-state index contributed by atoms with van der Waals surface area (Å²) in [6, 6.07) is 52.2. The molecule has 54 heavy (non-hydrogen) atoms. The molecule has 288 valence electrons. The van der Waals surface area contributed by atoms with Gasteiger partial charge in [-0.05, 0) is 74.2 Å². The molecule has 0 heterocycles. The summed E-state index contributed by atoms with van der Waals surface area (Å²) in [5.74, 6) is -1.67. The molecule has 2 N–H and O–H groups in total. The standard InChI is InChI=1S/2C21H20P.2C2H4O2.2Pd/c2*1-16-10-4-7-13-19(16)22(20-14-8-5-11-17(20)2)21-15-9-6-12-18(21)3;2*1-2(3)4;;/h2*4-15H,1H2,2-3H3;2*1H3,(H,3,4);;/q2*-1;;;;/p+2. The van der Waals surface area contributed by atoms with Gasteiger partial charge in [0.2, 0.25) is 0 Å². The van der Waals surface area contributed by atoms with E-state index in [1.165, 1.54) is 54.1 Å². The van der Waals surface area contributed by atoms with Crippen LogP contribution in [0.2, 0.25) is 0 Å². The average Bonchev–Trinajstić information content (AvgIpc) is 3.10. The maximum atomic E-state index is 9.00. The van der Waals surface area contributed by atoms with Crippen LogP contribution < -0.4 is 31.8 Å². The number of aliphatic carboxylic acids is 2. The zero-order chi connectivity index (χ0) is 38.2. The van der Waals surface area contributed by atoms with E-state index in [0.29, 0.717) is 0 Å². The first kappa shape index (κ1) is 48.2. The number of hydrogen-bond donors (Lipinski definition) is 2. The van der Waals surface area contributed by atoms with E-state index in [1.807, 2.05) is 0 Å². The molecule has 0 saturated heterocycles. The molecule has 0 aliphatic rings. The first-order valence-corrected chi connectivity index (χ1v) is 20.0. The van der Waals surface area contributed by atoms with Crippen molar-refractivity contribution >= 4 is 59.6 Å². The van der Waals surface area contributed by atoms with Crippen LogP contribution in [0.5, 0.6) is 0 Å². The molecule has 0 unspecified atom stereocenters. The molecule has 0 fully saturated rings. The number of carbonyl (C=O) groups is 2. The molecule has 0 radical (unpaired) electrons. The average molecular weight is 942 g/mol. The van der Waals surface area contributed by atoms with Crippen molar-refractivity contribution in [2.45, 2.75) is 41.5 Å². The van der Waals surface area contributed by atoms with Crippen molar-refractivity contribution in [2.24, 2.45) is 0 Å². The molecule has 0 atom stereocenters. The summed E-state index contributed by atoms with van der Waals surface area (Å²) in [6.07, 6.45) is 0. The summed E-state index contributed by atoms with van der Waals surface area (Å²) in [7, 11) is -2.06. The van der Waals surface area contributed by atoms with E-state index < -0.39 is 27.8 Å². The predicted molar refractivity (Wildman–Crippen MR) is 228 cm³/mol. The van der Waals surface area contributed by atoms with Gasteiger partial charge in [-0.15, -0.1) is 12.1 Å². The zero-order valence-corrected chi connectivity index (χ0v) is 36.7. The third-order valence-corrected chi connectivity index (χ3v) is 14.7. The van der Waals surface area contributed by atoms with Crippen molar-refractivity contribution in [1.29, 1.82) is 0 Å². The van der Waals surface area contributed by atoms with Crippen LogP contribution in [0, 0.1) is 41.5 Å². The fourth-order valence-electron chi connectivity index (χ4n) is 5.81. The van der Waals surface area contributed by atoms with Gasteiger partial charge >= 0.3 is 0 Å². The first-order chi connectivity index (χ1) is 24.8. The SMILES string of the molecule is CC(=O)O.CC(=O)O.[CH2-]c1ccccc1[PH+](c1ccccc1C)c1ccccc1C.[CH2-]c1ccccc1[PH+](c1ccccc1C)c1ccccc1C.[Pd].[Pd]. The Labute approximate surface area is 352 Å². The van der Waals surface area contributed by atoms with Crippen LogP contribution in [0.25, 0.3) is 0 Å². The van der Waals surface area contributed by atoms with Crippen LogP contribution in [0.4, 0.5) is 0 Å². The molecular formula is C46H50O4P2Pd2. The number of carboxylic acid groups (broad SMARTS) is 2. The van der Waals surface area contributed by atoms with E-state index in [2.05, 4.69) is 187 Å². The molecule has 0 aliphatic heterocycles. The van der Waals surface area contributed by atoms with Crippen LogP contribution >= 0.6 is 15.8 Å². The predicted octanol–water partition coefficient (Wildman–Crippen LogP) is 8.13. The Kier molecular flexibility index (Phi) is 21.9. The van der Waals surface area contributed by atoms with Crippen molar-refractivity contribution in [2.75, 3.05) is 0 Å². The second-order valence-corrected chi connectivity index (χ2v) is 17.1. The Morgan fingerprint density at radius 3 is 0.741 bits per heavy atom. The minimum atomic E-state index is -1.03. The van der Waals surface area contributed by atoms with Gasteiger partial charge < -0.3 is 10.2 Å². The van der Waals surface area contributed by atoms with E-state index in [4.69, 9.17) is 19.8 Å². The van der Waals surface area contributed by atoms with Crippen molar-refractivity contribution in [3.05, 3.63) is 193 Å². The molecule has 0 amide bonds. The molecule has 6 rings (SSSR count). The summed E-state index contributed by atoms with van der Waals surface area (Å²) < 4.78 is 0. The van der Waals surface area contributed by atoms with Crippen molar-refractivity contribution in [3.8, 4) is 0 Å². The molecule has 8 heteroatoms. The van der Waals surface area contributed by atoms with E-state index in [-0.39, 0.29) is 40.8 Å². The molecule has 4 nitrogen and oxygen atoms in total. The Morgan fingerprint density at radius 1 is 0.389 bits per heavy atom. The molecule has 0 spiro atoms. The molecule has 6 aromatic carbocycles. The summed E-state index contributed by atoms with van der Waals surface area (Å²) in [5.41, 5.74) is 7.74. The molecular weight excluding hydrogens is 891 g/mol. The van der Waals surface area contributed by atoms with E-state index in [9.17, 15) is 0 Å². The summed E-state index contributed by atoms with van der Waals surface area (Å²) in [6.45, 7) is 19.6. The second-order valence-electron chi connectivity index (χ2n) is 12.4. The summed E-state index contributed by atoms with van der Waals surface area (Å²) in [5, 5.41) is 23.4. The fourth-order valence-corrected chi connectivity index (χ4v) is 11.9. The Bertz CT molecular complexity index is 1710. The number of rotatable bonds is 6. The first-order valence-electron chi connectivity index (χ1n) is 17.0. The van der Waals surface area contributed by atoms with Gasteiger partial charge in [0.25, 0.3) is 11.9 Å². The third-order valence-electron chi connectivity index (χ3n) is 8.23. The summed E-state index contributed by atoms with van der Waals surface area (Å²) in [4.78, 5) is 18.0. The van der Waals surface area contributed by atoms with Gasteiger partial charge in [-0.25, -0.2) is 0 Å². The Hall–Kier alpha value is -3.82. The monoisotopic (exact) mass is 940 g/mol. The van der Waals surface area contributed by atoms with Gasteiger partial charge in [-0.3, -0.25) is 9.59 Å². The van der Waals surface area contributed by atoms with Crippen molar-refractivity contribution in [3.63, 3.8) is 0 Å². The molecule has 0 aromatic heterocycles. The Morgan fingerprint density at radius 2 is 0.556 bits per heavy atom. The third kappa shape index (κ3) is 14.4. The van der Waals surface area contributed by atoms with Gasteiger partial charge in [0.15, 0.2) is 0 Å². The minimum absolute atomic E-state index is 0. The van der Waals surface area contributed by atoms with E-state index in [0.717, 1.165) is 25.0 Å². The van der Waals surface area contributed by atoms with Crippen LogP contribution in [-0.2, 0) is 50.4 Å². The van der Waals surface area contributed by atoms with Gasteiger partial charge in [-0.2, -0.15) is 37.1 Å². The molecule has 0 bridgehead atoms. The number of aryl methyl sites for hydroxylation is 4. The van der Waals surface area contributed by atoms with Gasteiger partial charge in [0, 0.05) is 65.3 Å². The maximum absolute atomic E-state index is 9.00. The van der Waals surface area contributed by atoms with Crippen LogP contribution in [0.3, 0.4) is 0 Å². The van der Waals surface area contributed by atoms with Gasteiger partial charge in [0.05, 0.1) is 37.1 Å². The van der Waals surface area contributed by atoms with Crippen LogP contribution in [-0.4, -0.2) is 22.2 Å². The van der Waals surface area contributed by atoms with Gasteiger partial charge in [-0.1, -0.05) is 97.1 Å². The van der Waals surface area contributed by atoms with Crippen LogP contribution in [0.1, 0.15) is 47.2 Å². The Balaban J connectivity index is 0.000000437. The fraction of sp³-hybridized carbons (Fsp3) is 0.130. The van der Waals surface area contributed by atoms with Gasteiger partial charge in [0.1, 0.15) is 0 Å². The topological polar surface area (TPSA) is 74.6 Å².